The summed E-state index contributed by atoms with van der Waals surface area (Å²) < 4.78 is 1.88. The number of thioether (sulfide) groups is 1. The quantitative estimate of drug-likeness (QED) is 0.574. The Balaban J connectivity index is 1.68. The van der Waals surface area contributed by atoms with Crippen LogP contribution in [0.2, 0.25) is 0 Å². The maximum Gasteiger partial charge on any atom is 0.303 e. The summed E-state index contributed by atoms with van der Waals surface area (Å²) in [5.41, 5.74) is 0. The molecule has 1 aromatic heterocycles. The number of hydrogen-bond donors (Lipinski definition) is 1. The van der Waals surface area contributed by atoms with Gasteiger partial charge in [0.15, 0.2) is 0 Å². The summed E-state index contributed by atoms with van der Waals surface area (Å²) in [6.45, 7) is 0. The Morgan fingerprint density at radius 3 is 3.00 bits per heavy atom. The molecule has 0 unspecified atom stereocenters. The zero-order chi connectivity index (χ0) is 11.4. The van der Waals surface area contributed by atoms with Gasteiger partial charge in [-0.15, -0.1) is 5.10 Å². The van der Waals surface area contributed by atoms with Gasteiger partial charge in [-0.1, -0.05) is 11.8 Å². The lowest BCUT2D eigenvalue weighted by Gasteiger charge is -2.01. The molecule has 88 valence electrons. The van der Waals surface area contributed by atoms with Crippen LogP contribution in [0.5, 0.6) is 0 Å². The molecule has 1 N–H and O–H groups in total. The van der Waals surface area contributed by atoms with Crippen molar-refractivity contribution in [2.45, 2.75) is 43.3 Å². The number of hydrogen-bond acceptors (Lipinski definition) is 5. The molecule has 1 aliphatic rings. The zero-order valence-corrected chi connectivity index (χ0v) is 9.69. The van der Waals surface area contributed by atoms with Crippen molar-refractivity contribution < 1.29 is 9.90 Å². The Bertz CT molecular complexity index is 364. The minimum atomic E-state index is -0.729. The predicted molar refractivity (Wildman–Crippen MR) is 58.3 cm³/mol. The van der Waals surface area contributed by atoms with E-state index in [0.29, 0.717) is 12.5 Å². The SMILES string of the molecule is O=C(O)CCCCSc1nnnn1C1CC1. The van der Waals surface area contributed by atoms with Gasteiger partial charge in [0.05, 0.1) is 6.04 Å². The minimum Gasteiger partial charge on any atom is -0.481 e. The molecule has 0 amide bonds. The zero-order valence-electron chi connectivity index (χ0n) is 8.87. The molecule has 6 nitrogen and oxygen atoms in total. The Morgan fingerprint density at radius 2 is 2.31 bits per heavy atom. The number of unbranched alkanes of at least 4 members (excludes halogenated alkanes) is 1. The highest BCUT2D eigenvalue weighted by Gasteiger charge is 2.27. The number of aromatic nitrogens is 4. The van der Waals surface area contributed by atoms with E-state index in [1.807, 2.05) is 4.68 Å². The summed E-state index contributed by atoms with van der Waals surface area (Å²) in [7, 11) is 0. The molecule has 0 aliphatic heterocycles. The van der Waals surface area contributed by atoms with E-state index in [9.17, 15) is 4.79 Å². The van der Waals surface area contributed by atoms with Gasteiger partial charge in [0.25, 0.3) is 0 Å². The lowest BCUT2D eigenvalue weighted by molar-refractivity contribution is -0.137. The first-order valence-corrected chi connectivity index (χ1v) is 6.38. The molecule has 0 atom stereocenters. The maximum atomic E-state index is 10.3. The summed E-state index contributed by atoms with van der Waals surface area (Å²) >= 11 is 1.61. The van der Waals surface area contributed by atoms with Crippen molar-refractivity contribution in [1.82, 2.24) is 20.2 Å². The van der Waals surface area contributed by atoms with Crippen LogP contribution in [0.25, 0.3) is 0 Å². The fraction of sp³-hybridized carbons (Fsp3) is 0.778. The first-order valence-electron chi connectivity index (χ1n) is 5.40. The molecule has 1 saturated carbocycles. The maximum absolute atomic E-state index is 10.3. The van der Waals surface area contributed by atoms with E-state index in [2.05, 4.69) is 15.5 Å². The first-order chi connectivity index (χ1) is 7.77. The molecule has 0 saturated heterocycles. The topological polar surface area (TPSA) is 80.9 Å². The van der Waals surface area contributed by atoms with Crippen molar-refractivity contribution in [3.05, 3.63) is 0 Å². The number of carboxylic acid groups (broad SMARTS) is 1. The Morgan fingerprint density at radius 1 is 1.50 bits per heavy atom. The minimum absolute atomic E-state index is 0.244. The van der Waals surface area contributed by atoms with Gasteiger partial charge in [0.1, 0.15) is 0 Å². The molecular formula is C9H14N4O2S. The third-order valence-corrected chi connectivity index (χ3v) is 3.39. The molecule has 0 radical (unpaired) electrons. The summed E-state index contributed by atoms with van der Waals surface area (Å²) in [6.07, 6.45) is 4.17. The van der Waals surface area contributed by atoms with Gasteiger partial charge in [-0.25, -0.2) is 4.68 Å². The summed E-state index contributed by atoms with van der Waals surface area (Å²) in [4.78, 5) is 10.3. The van der Waals surface area contributed by atoms with Crippen LogP contribution in [0.3, 0.4) is 0 Å². The third kappa shape index (κ3) is 3.19. The number of tetrazole rings is 1. The number of carboxylic acids is 1. The van der Waals surface area contributed by atoms with Crippen LogP contribution in [0.1, 0.15) is 38.1 Å². The average Bonchev–Trinajstić information content (AvgIpc) is 2.98. The van der Waals surface area contributed by atoms with Gasteiger partial charge >= 0.3 is 5.97 Å². The van der Waals surface area contributed by atoms with Crippen LogP contribution < -0.4 is 0 Å². The van der Waals surface area contributed by atoms with Crippen LogP contribution in [0.4, 0.5) is 0 Å². The average molecular weight is 242 g/mol. The van der Waals surface area contributed by atoms with Gasteiger partial charge in [0, 0.05) is 12.2 Å². The summed E-state index contributed by atoms with van der Waals surface area (Å²) in [5, 5.41) is 20.9. The van der Waals surface area contributed by atoms with Crippen LogP contribution >= 0.6 is 11.8 Å². The fourth-order valence-corrected chi connectivity index (χ4v) is 2.31. The number of nitrogens with zero attached hydrogens (tertiary/aromatic N) is 4. The van der Waals surface area contributed by atoms with Gasteiger partial charge in [-0.05, 0) is 36.1 Å². The highest BCUT2D eigenvalue weighted by atomic mass is 32.2. The molecule has 0 aromatic carbocycles. The number of carbonyl (C=O) groups is 1. The molecule has 2 rings (SSSR count). The smallest absolute Gasteiger partial charge is 0.303 e. The van der Waals surface area contributed by atoms with E-state index in [1.165, 1.54) is 0 Å². The number of aliphatic carboxylic acids is 1. The van der Waals surface area contributed by atoms with Crippen molar-refractivity contribution in [3.8, 4) is 0 Å². The Hall–Kier alpha value is -1.11. The summed E-state index contributed by atoms with van der Waals surface area (Å²) in [6, 6.07) is 0.497. The van der Waals surface area contributed by atoms with Crippen molar-refractivity contribution in [2.75, 3.05) is 5.75 Å². The Kier molecular flexibility index (Phi) is 3.76. The largest absolute Gasteiger partial charge is 0.481 e. The molecule has 16 heavy (non-hydrogen) atoms. The van der Waals surface area contributed by atoms with E-state index in [1.54, 1.807) is 11.8 Å². The van der Waals surface area contributed by atoms with Crippen LogP contribution in [-0.4, -0.2) is 37.0 Å². The molecule has 1 aromatic rings. The van der Waals surface area contributed by atoms with Crippen LogP contribution in [-0.2, 0) is 4.79 Å². The second-order valence-electron chi connectivity index (χ2n) is 3.84. The van der Waals surface area contributed by atoms with Gasteiger partial charge in [-0.3, -0.25) is 4.79 Å². The number of rotatable bonds is 7. The first kappa shape index (κ1) is 11.4. The van der Waals surface area contributed by atoms with E-state index < -0.39 is 5.97 Å². The van der Waals surface area contributed by atoms with Crippen molar-refractivity contribution >= 4 is 17.7 Å². The second kappa shape index (κ2) is 5.29. The van der Waals surface area contributed by atoms with E-state index in [0.717, 1.165) is 30.2 Å². The van der Waals surface area contributed by atoms with E-state index in [4.69, 9.17) is 5.11 Å². The monoisotopic (exact) mass is 242 g/mol. The van der Waals surface area contributed by atoms with Crippen molar-refractivity contribution in [1.29, 1.82) is 0 Å². The van der Waals surface area contributed by atoms with Gasteiger partial charge in [0.2, 0.25) is 5.16 Å². The molecule has 1 aliphatic carbocycles. The van der Waals surface area contributed by atoms with Crippen LogP contribution in [0, 0.1) is 0 Å². The molecule has 0 bridgehead atoms. The predicted octanol–water partition coefficient (Wildman–Crippen LogP) is 1.35. The second-order valence-corrected chi connectivity index (χ2v) is 4.90. The molecular weight excluding hydrogens is 228 g/mol. The Labute approximate surface area is 97.4 Å². The van der Waals surface area contributed by atoms with Crippen molar-refractivity contribution in [3.63, 3.8) is 0 Å². The fourth-order valence-electron chi connectivity index (χ4n) is 1.37. The van der Waals surface area contributed by atoms with E-state index >= 15 is 0 Å². The normalized spacial score (nSPS) is 15.2. The molecule has 1 heterocycles. The van der Waals surface area contributed by atoms with Crippen LogP contribution in [0.15, 0.2) is 5.16 Å². The summed E-state index contributed by atoms with van der Waals surface area (Å²) in [5.74, 6) is 0.146. The lowest BCUT2D eigenvalue weighted by atomic mass is 10.3. The van der Waals surface area contributed by atoms with Gasteiger partial charge < -0.3 is 5.11 Å². The lowest BCUT2D eigenvalue weighted by Crippen LogP contribution is -1.99. The standard InChI is InChI=1S/C9H14N4O2S/c14-8(15)3-1-2-6-16-9-10-11-12-13(9)7-4-5-7/h7H,1-6H2,(H,14,15). The molecule has 0 spiro atoms. The third-order valence-electron chi connectivity index (χ3n) is 2.37. The highest BCUT2D eigenvalue weighted by molar-refractivity contribution is 7.99. The van der Waals surface area contributed by atoms with E-state index in [-0.39, 0.29) is 6.42 Å². The van der Waals surface area contributed by atoms with Gasteiger partial charge in [-0.2, -0.15) is 0 Å². The molecule has 7 heteroatoms. The van der Waals surface area contributed by atoms with Crippen molar-refractivity contribution in [2.24, 2.45) is 0 Å². The highest BCUT2D eigenvalue weighted by Crippen LogP contribution is 2.36. The molecule has 1 fully saturated rings.